The normalized spacial score (nSPS) is 18.8. The number of halogens is 3. The van der Waals surface area contributed by atoms with Gasteiger partial charge in [-0.15, -0.1) is 0 Å². The first-order chi connectivity index (χ1) is 20.0. The van der Waals surface area contributed by atoms with Gasteiger partial charge in [0.15, 0.2) is 10.1 Å². The molecule has 0 spiro atoms. The molecule has 0 aliphatic carbocycles. The minimum Gasteiger partial charge on any atom is -0.741 e. The smallest absolute Gasteiger partial charge is 0.485 e. The first-order valence-corrected chi connectivity index (χ1v) is 15.0. The molecule has 1 aromatic heterocycles. The summed E-state index contributed by atoms with van der Waals surface area (Å²) in [4.78, 5) is 0. The number of likely N-dealkylation sites (tertiary alicyclic amines) is 1. The molecule has 6 rings (SSSR count). The number of quaternary nitrogens is 1. The molecule has 5 aromatic rings. The van der Waals surface area contributed by atoms with E-state index in [1.807, 2.05) is 0 Å². The summed E-state index contributed by atoms with van der Waals surface area (Å²) in [6.45, 7) is 5.49. The summed E-state index contributed by atoms with van der Waals surface area (Å²) >= 11 is 0. The van der Waals surface area contributed by atoms with Crippen LogP contribution in [0.25, 0.3) is 10.9 Å². The molecular formula is C33H31F3N2O3S. The number of rotatable bonds is 6. The van der Waals surface area contributed by atoms with E-state index < -0.39 is 15.6 Å². The zero-order valence-corrected chi connectivity index (χ0v) is 23.8. The Hall–Kier alpha value is -3.92. The second kappa shape index (κ2) is 11.8. The molecule has 0 N–H and O–H groups in total. The van der Waals surface area contributed by atoms with E-state index in [1.54, 1.807) is 0 Å². The van der Waals surface area contributed by atoms with Crippen LogP contribution in [0, 0.1) is 6.92 Å². The molecule has 0 saturated carbocycles. The van der Waals surface area contributed by atoms with E-state index in [2.05, 4.69) is 133 Å². The van der Waals surface area contributed by atoms with Gasteiger partial charge in [0.05, 0.1) is 0 Å². The third-order valence-electron chi connectivity index (χ3n) is 7.88. The van der Waals surface area contributed by atoms with Crippen LogP contribution in [-0.2, 0) is 16.7 Å². The fourth-order valence-corrected chi connectivity index (χ4v) is 6.12. The summed E-state index contributed by atoms with van der Waals surface area (Å²) in [6.07, 6.45) is 2.37. The Bertz CT molecular complexity index is 1690. The van der Waals surface area contributed by atoms with Crippen LogP contribution in [0.5, 0.6) is 0 Å². The van der Waals surface area contributed by atoms with Crippen molar-refractivity contribution in [1.29, 1.82) is 0 Å². The van der Waals surface area contributed by atoms with Crippen LogP contribution in [0.15, 0.2) is 121 Å². The summed E-state index contributed by atoms with van der Waals surface area (Å²) in [5.74, 6) is 0. The van der Waals surface area contributed by atoms with Crippen molar-refractivity contribution in [2.75, 3.05) is 13.1 Å². The molecule has 1 saturated heterocycles. The lowest BCUT2D eigenvalue weighted by atomic mass is 9.87. The highest BCUT2D eigenvalue weighted by molar-refractivity contribution is 7.86. The van der Waals surface area contributed by atoms with Crippen molar-refractivity contribution in [1.82, 2.24) is 4.57 Å². The highest BCUT2D eigenvalue weighted by Crippen LogP contribution is 2.46. The Balaban J connectivity index is 0.000000390. The van der Waals surface area contributed by atoms with Crippen LogP contribution in [-0.4, -0.2) is 40.6 Å². The highest BCUT2D eigenvalue weighted by atomic mass is 32.2. The van der Waals surface area contributed by atoms with Crippen LogP contribution < -0.4 is 0 Å². The fraction of sp³-hybridized carbons (Fsp3) is 0.212. The molecule has 1 fully saturated rings. The SMILES string of the molecule is Cc1cn(C2C[N+](Cc3ccccc3)(C(c3ccccc3)c3ccccc3)C2)c2ccccc12.O=S(=O)([O-])C(F)(F)F. The molecular weight excluding hydrogens is 561 g/mol. The van der Waals surface area contributed by atoms with Gasteiger partial charge in [-0.1, -0.05) is 109 Å². The largest absolute Gasteiger partial charge is 0.741 e. The number of hydrogen-bond acceptors (Lipinski definition) is 3. The number of alkyl halides is 3. The third-order valence-corrected chi connectivity index (χ3v) is 8.45. The topological polar surface area (TPSA) is 62.1 Å². The lowest BCUT2D eigenvalue weighted by molar-refractivity contribution is -1.00. The monoisotopic (exact) mass is 592 g/mol. The maximum absolute atomic E-state index is 10.7. The summed E-state index contributed by atoms with van der Waals surface area (Å²) < 4.78 is 62.5. The van der Waals surface area contributed by atoms with Gasteiger partial charge in [0.1, 0.15) is 31.7 Å². The Morgan fingerprint density at radius 1 is 0.810 bits per heavy atom. The zero-order chi connectivity index (χ0) is 30.0. The van der Waals surface area contributed by atoms with Gasteiger partial charge in [-0.2, -0.15) is 13.2 Å². The number of hydrogen-bond donors (Lipinski definition) is 0. The van der Waals surface area contributed by atoms with Crippen molar-refractivity contribution >= 4 is 21.0 Å². The Morgan fingerprint density at radius 3 is 1.76 bits per heavy atom. The highest BCUT2D eigenvalue weighted by Gasteiger charge is 2.51. The standard InChI is InChI=1S/C32H31N2.CHF3O3S/c1-25-21-33(31-20-12-11-19-30(25)31)29-23-34(24-29,22-26-13-5-2-6-14-26)32(27-15-7-3-8-16-27)28-17-9-4-10-18-28;2-1(3,4)8(5,6)7/h2-21,29,32H,22-24H2,1H3;(H,5,6,7)/q+1;/p-1. The van der Waals surface area contributed by atoms with Gasteiger partial charge in [-0.25, -0.2) is 8.42 Å². The molecule has 0 radical (unpaired) electrons. The predicted octanol–water partition coefficient (Wildman–Crippen LogP) is 7.36. The van der Waals surface area contributed by atoms with Crippen molar-refractivity contribution in [2.45, 2.75) is 31.1 Å². The number of nitrogens with zero attached hydrogens (tertiary/aromatic N) is 2. The number of aryl methyl sites for hydroxylation is 1. The second-order valence-electron chi connectivity index (χ2n) is 10.7. The van der Waals surface area contributed by atoms with Crippen LogP contribution >= 0.6 is 0 Å². The van der Waals surface area contributed by atoms with Gasteiger partial charge in [-0.3, -0.25) is 0 Å². The zero-order valence-electron chi connectivity index (χ0n) is 23.0. The Morgan fingerprint density at radius 2 is 1.26 bits per heavy atom. The second-order valence-corrected chi connectivity index (χ2v) is 12.1. The van der Waals surface area contributed by atoms with Gasteiger partial charge in [0.2, 0.25) is 0 Å². The maximum Gasteiger partial charge on any atom is 0.485 e. The molecule has 1 aliphatic heterocycles. The molecule has 0 bridgehead atoms. The number of fused-ring (bicyclic) bond motifs is 1. The van der Waals surface area contributed by atoms with Gasteiger partial charge in [0.25, 0.3) is 0 Å². The van der Waals surface area contributed by atoms with E-state index in [9.17, 15) is 13.2 Å². The van der Waals surface area contributed by atoms with Crippen molar-refractivity contribution in [3.05, 3.63) is 144 Å². The van der Waals surface area contributed by atoms with E-state index >= 15 is 0 Å². The summed E-state index contributed by atoms with van der Waals surface area (Å²) in [5.41, 5.74) is 1.29. The Kier molecular flexibility index (Phi) is 8.28. The van der Waals surface area contributed by atoms with Crippen LogP contribution in [0.1, 0.15) is 34.3 Å². The quantitative estimate of drug-likeness (QED) is 0.118. The lowest BCUT2D eigenvalue weighted by Crippen LogP contribution is -2.64. The lowest BCUT2D eigenvalue weighted by Gasteiger charge is -2.55. The predicted molar refractivity (Wildman–Crippen MR) is 156 cm³/mol. The molecule has 42 heavy (non-hydrogen) atoms. The van der Waals surface area contributed by atoms with Crippen LogP contribution in [0.4, 0.5) is 13.2 Å². The van der Waals surface area contributed by atoms with E-state index in [0.717, 1.165) is 24.1 Å². The molecule has 1 aliphatic rings. The van der Waals surface area contributed by atoms with Crippen molar-refractivity contribution in [2.24, 2.45) is 0 Å². The molecule has 5 nitrogen and oxygen atoms in total. The Labute approximate surface area is 243 Å². The first-order valence-electron chi connectivity index (χ1n) is 13.6. The molecule has 0 unspecified atom stereocenters. The molecule has 2 heterocycles. The molecule has 9 heteroatoms. The fourth-order valence-electron chi connectivity index (χ4n) is 6.12. The minimum absolute atomic E-state index is 0.307. The van der Waals surface area contributed by atoms with Gasteiger partial charge >= 0.3 is 5.51 Å². The van der Waals surface area contributed by atoms with E-state index in [4.69, 9.17) is 13.0 Å². The average molecular weight is 593 g/mol. The van der Waals surface area contributed by atoms with Gasteiger partial charge in [-0.05, 0) is 18.6 Å². The number of benzene rings is 4. The third kappa shape index (κ3) is 6.13. The molecule has 0 amide bonds. The summed E-state index contributed by atoms with van der Waals surface area (Å²) in [5, 5.41) is 1.37. The van der Waals surface area contributed by atoms with Crippen molar-refractivity contribution in [3.8, 4) is 0 Å². The van der Waals surface area contributed by atoms with E-state index in [0.29, 0.717) is 12.1 Å². The van der Waals surface area contributed by atoms with E-state index in [-0.39, 0.29) is 0 Å². The minimum atomic E-state index is -6.09. The summed E-state index contributed by atoms with van der Waals surface area (Å²) in [7, 11) is -6.09. The van der Waals surface area contributed by atoms with Crippen LogP contribution in [0.3, 0.4) is 0 Å². The molecule has 218 valence electrons. The van der Waals surface area contributed by atoms with Crippen molar-refractivity contribution < 1.29 is 30.6 Å². The number of aromatic nitrogens is 1. The van der Waals surface area contributed by atoms with Gasteiger partial charge < -0.3 is 13.6 Å². The van der Waals surface area contributed by atoms with Crippen molar-refractivity contribution in [3.63, 3.8) is 0 Å². The summed E-state index contributed by atoms with van der Waals surface area (Å²) in [6, 6.07) is 42.9. The average Bonchev–Trinajstić information content (AvgIpc) is 3.28. The van der Waals surface area contributed by atoms with Gasteiger partial charge in [0, 0.05) is 33.8 Å². The number of para-hydroxylation sites is 1. The molecule has 0 atom stereocenters. The first kappa shape index (κ1) is 29.6. The maximum atomic E-state index is 10.7. The van der Waals surface area contributed by atoms with E-state index in [1.165, 1.54) is 33.2 Å². The van der Waals surface area contributed by atoms with Crippen LogP contribution in [0.2, 0.25) is 0 Å². The molecule has 4 aromatic carbocycles.